The van der Waals surface area contributed by atoms with E-state index in [0.717, 1.165) is 4.90 Å². The number of carbonyl (C=O) groups is 2. The number of carboxylic acids is 1. The fourth-order valence-electron chi connectivity index (χ4n) is 1.40. The Bertz CT molecular complexity index is 471. The van der Waals surface area contributed by atoms with Gasteiger partial charge in [-0.2, -0.15) is 0 Å². The summed E-state index contributed by atoms with van der Waals surface area (Å²) in [5.41, 5.74) is -0.766. The van der Waals surface area contributed by atoms with Crippen molar-refractivity contribution in [2.45, 2.75) is 25.8 Å². The van der Waals surface area contributed by atoms with Crippen molar-refractivity contribution in [3.8, 4) is 0 Å². The lowest BCUT2D eigenvalue weighted by Crippen LogP contribution is -2.51. The number of halogens is 1. The second-order valence-corrected chi connectivity index (χ2v) is 4.62. The molecule has 4 nitrogen and oxygen atoms in total. The number of rotatable bonds is 4. The Balaban J connectivity index is 2.80. The van der Waals surface area contributed by atoms with E-state index in [9.17, 15) is 14.0 Å². The van der Waals surface area contributed by atoms with Crippen LogP contribution in [-0.2, 0) is 16.0 Å². The number of aliphatic carboxylic acids is 1. The van der Waals surface area contributed by atoms with E-state index < -0.39 is 17.3 Å². The Kier molecular flexibility index (Phi) is 4.06. The van der Waals surface area contributed by atoms with Gasteiger partial charge in [0.25, 0.3) is 0 Å². The summed E-state index contributed by atoms with van der Waals surface area (Å²) >= 11 is 0. The number of hydrogen-bond donors (Lipinski definition) is 1. The first-order chi connectivity index (χ1) is 8.25. The highest BCUT2D eigenvalue weighted by molar-refractivity contribution is 5.87. The maximum absolute atomic E-state index is 13.0. The molecular formula is C13H16FNO3. The van der Waals surface area contributed by atoms with Gasteiger partial charge in [-0.05, 0) is 31.5 Å². The van der Waals surface area contributed by atoms with Crippen LogP contribution in [0.3, 0.4) is 0 Å². The van der Waals surface area contributed by atoms with Crippen molar-refractivity contribution >= 4 is 11.9 Å². The topological polar surface area (TPSA) is 57.6 Å². The third kappa shape index (κ3) is 3.06. The maximum atomic E-state index is 13.0. The van der Waals surface area contributed by atoms with Crippen molar-refractivity contribution in [1.82, 2.24) is 4.90 Å². The van der Waals surface area contributed by atoms with Gasteiger partial charge in [0.15, 0.2) is 0 Å². The molecule has 98 valence electrons. The Labute approximate surface area is 105 Å². The van der Waals surface area contributed by atoms with Crippen LogP contribution in [0.1, 0.15) is 19.4 Å². The zero-order valence-electron chi connectivity index (χ0n) is 10.6. The second kappa shape index (κ2) is 5.16. The van der Waals surface area contributed by atoms with Crippen LogP contribution in [0.25, 0.3) is 0 Å². The van der Waals surface area contributed by atoms with Crippen LogP contribution >= 0.6 is 0 Å². The van der Waals surface area contributed by atoms with Crippen molar-refractivity contribution in [2.75, 3.05) is 7.05 Å². The number of nitrogens with zero attached hydrogens (tertiary/aromatic N) is 1. The smallest absolute Gasteiger partial charge is 0.329 e. The van der Waals surface area contributed by atoms with Crippen LogP contribution < -0.4 is 0 Å². The molecule has 5 heteroatoms. The van der Waals surface area contributed by atoms with E-state index in [0.29, 0.717) is 5.56 Å². The Morgan fingerprint density at radius 1 is 1.39 bits per heavy atom. The highest BCUT2D eigenvalue weighted by Crippen LogP contribution is 2.15. The summed E-state index contributed by atoms with van der Waals surface area (Å²) in [4.78, 5) is 24.1. The van der Waals surface area contributed by atoms with E-state index in [1.165, 1.54) is 39.1 Å². The van der Waals surface area contributed by atoms with E-state index in [4.69, 9.17) is 5.11 Å². The standard InChI is InChI=1S/C13H16FNO3/c1-13(2,12(17)18)15(3)11(16)8-9-5-4-6-10(14)7-9/h4-7H,8H2,1-3H3,(H,17,18). The zero-order valence-corrected chi connectivity index (χ0v) is 10.6. The summed E-state index contributed by atoms with van der Waals surface area (Å²) in [5, 5.41) is 9.02. The average molecular weight is 253 g/mol. The molecule has 0 bridgehead atoms. The first-order valence-electron chi connectivity index (χ1n) is 5.49. The summed E-state index contributed by atoms with van der Waals surface area (Å²) < 4.78 is 13.0. The minimum atomic E-state index is -1.29. The van der Waals surface area contributed by atoms with Crippen LogP contribution in [0.2, 0.25) is 0 Å². The summed E-state index contributed by atoms with van der Waals surface area (Å²) in [7, 11) is 1.43. The van der Waals surface area contributed by atoms with E-state index >= 15 is 0 Å². The van der Waals surface area contributed by atoms with Crippen LogP contribution in [0, 0.1) is 5.82 Å². The molecule has 18 heavy (non-hydrogen) atoms. The molecule has 0 spiro atoms. The molecule has 0 fully saturated rings. The molecule has 0 unspecified atom stereocenters. The van der Waals surface area contributed by atoms with Crippen molar-refractivity contribution in [2.24, 2.45) is 0 Å². The number of carbonyl (C=O) groups excluding carboxylic acids is 1. The van der Waals surface area contributed by atoms with E-state index in [1.807, 2.05) is 0 Å². The largest absolute Gasteiger partial charge is 0.480 e. The summed E-state index contributed by atoms with van der Waals surface area (Å²) in [6.45, 7) is 2.89. The second-order valence-electron chi connectivity index (χ2n) is 4.62. The Morgan fingerprint density at radius 2 is 2.00 bits per heavy atom. The van der Waals surface area contributed by atoms with E-state index in [-0.39, 0.29) is 12.3 Å². The molecule has 1 rings (SSSR count). The van der Waals surface area contributed by atoms with Gasteiger partial charge in [-0.3, -0.25) is 4.79 Å². The third-order valence-corrected chi connectivity index (χ3v) is 2.98. The first kappa shape index (κ1) is 14.2. The molecule has 0 heterocycles. The van der Waals surface area contributed by atoms with Crippen LogP contribution in [-0.4, -0.2) is 34.5 Å². The number of carboxylic acid groups (broad SMARTS) is 1. The molecule has 0 aromatic heterocycles. The van der Waals surface area contributed by atoms with Crippen molar-refractivity contribution in [3.63, 3.8) is 0 Å². The van der Waals surface area contributed by atoms with Gasteiger partial charge in [0.2, 0.25) is 5.91 Å². The van der Waals surface area contributed by atoms with Gasteiger partial charge in [0.1, 0.15) is 11.4 Å². The lowest BCUT2D eigenvalue weighted by molar-refractivity contribution is -0.155. The van der Waals surface area contributed by atoms with Gasteiger partial charge in [-0.15, -0.1) is 0 Å². The van der Waals surface area contributed by atoms with Crippen LogP contribution in [0.4, 0.5) is 4.39 Å². The van der Waals surface area contributed by atoms with Crippen molar-refractivity contribution in [3.05, 3.63) is 35.6 Å². The molecule has 1 N–H and O–H groups in total. The predicted octanol–water partition coefficient (Wildman–Crippen LogP) is 1.69. The molecule has 0 aliphatic carbocycles. The zero-order chi connectivity index (χ0) is 13.9. The summed E-state index contributed by atoms with van der Waals surface area (Å²) in [6.07, 6.45) is -0.0228. The Hall–Kier alpha value is -1.91. The highest BCUT2D eigenvalue weighted by atomic mass is 19.1. The van der Waals surface area contributed by atoms with Gasteiger partial charge >= 0.3 is 5.97 Å². The van der Waals surface area contributed by atoms with Crippen LogP contribution in [0.5, 0.6) is 0 Å². The molecular weight excluding hydrogens is 237 g/mol. The van der Waals surface area contributed by atoms with Gasteiger partial charge in [-0.25, -0.2) is 9.18 Å². The van der Waals surface area contributed by atoms with Gasteiger partial charge in [0, 0.05) is 7.05 Å². The SMILES string of the molecule is CN(C(=O)Cc1cccc(F)c1)C(C)(C)C(=O)O. The fraction of sp³-hybridized carbons (Fsp3) is 0.385. The monoisotopic (exact) mass is 253 g/mol. The molecule has 0 atom stereocenters. The van der Waals surface area contributed by atoms with Crippen molar-refractivity contribution < 1.29 is 19.1 Å². The molecule has 0 radical (unpaired) electrons. The normalized spacial score (nSPS) is 11.1. The lowest BCUT2D eigenvalue weighted by atomic mass is 10.0. The average Bonchev–Trinajstić information content (AvgIpc) is 2.27. The van der Waals surface area contributed by atoms with E-state index in [1.54, 1.807) is 6.07 Å². The number of likely N-dealkylation sites (N-methyl/N-ethyl adjacent to an activating group) is 1. The first-order valence-corrected chi connectivity index (χ1v) is 5.49. The predicted molar refractivity (Wildman–Crippen MR) is 64.6 cm³/mol. The van der Waals surface area contributed by atoms with E-state index in [2.05, 4.69) is 0 Å². The molecule has 1 aromatic carbocycles. The lowest BCUT2D eigenvalue weighted by Gasteiger charge is -2.31. The minimum absolute atomic E-state index is 0.0228. The van der Waals surface area contributed by atoms with Gasteiger partial charge in [-0.1, -0.05) is 12.1 Å². The molecule has 0 aliphatic rings. The fourth-order valence-corrected chi connectivity index (χ4v) is 1.40. The molecule has 0 saturated carbocycles. The van der Waals surface area contributed by atoms with Gasteiger partial charge in [0.05, 0.1) is 6.42 Å². The minimum Gasteiger partial charge on any atom is -0.480 e. The number of hydrogen-bond acceptors (Lipinski definition) is 2. The third-order valence-electron chi connectivity index (χ3n) is 2.98. The highest BCUT2D eigenvalue weighted by Gasteiger charge is 2.34. The molecule has 0 aliphatic heterocycles. The van der Waals surface area contributed by atoms with Gasteiger partial charge < -0.3 is 10.0 Å². The number of amides is 1. The molecule has 1 amide bonds. The summed E-state index contributed by atoms with van der Waals surface area (Å²) in [6, 6.07) is 5.70. The van der Waals surface area contributed by atoms with Crippen LogP contribution in [0.15, 0.2) is 24.3 Å². The maximum Gasteiger partial charge on any atom is 0.329 e. The quantitative estimate of drug-likeness (QED) is 0.888. The molecule has 1 aromatic rings. The molecule has 0 saturated heterocycles. The van der Waals surface area contributed by atoms with Crippen molar-refractivity contribution in [1.29, 1.82) is 0 Å². The number of benzene rings is 1. The summed E-state index contributed by atoms with van der Waals surface area (Å²) in [5.74, 6) is -1.87. The Morgan fingerprint density at radius 3 is 2.50 bits per heavy atom.